The fraction of sp³-hybridized carbons (Fsp3) is 0.692. The highest BCUT2D eigenvalue weighted by molar-refractivity contribution is 7.11. The van der Waals surface area contributed by atoms with Crippen molar-refractivity contribution in [3.8, 4) is 0 Å². The smallest absolute Gasteiger partial charge is 0.0637 e. The Labute approximate surface area is 103 Å². The molecule has 1 unspecified atom stereocenters. The van der Waals surface area contributed by atoms with Crippen LogP contribution in [0.1, 0.15) is 36.9 Å². The minimum atomic E-state index is -0.0439. The molecule has 0 aliphatic heterocycles. The summed E-state index contributed by atoms with van der Waals surface area (Å²) in [6.45, 7) is 9.56. The normalized spacial score (nSPS) is 14.1. The maximum atomic E-state index is 5.43. The lowest BCUT2D eigenvalue weighted by molar-refractivity contribution is 0.00847. The minimum Gasteiger partial charge on any atom is -0.379 e. The van der Waals surface area contributed by atoms with E-state index in [1.807, 2.05) is 11.3 Å². The van der Waals surface area contributed by atoms with Crippen LogP contribution in [0.3, 0.4) is 0 Å². The van der Waals surface area contributed by atoms with Crippen LogP contribution in [0.25, 0.3) is 0 Å². The first-order valence-electron chi connectivity index (χ1n) is 5.77. The van der Waals surface area contributed by atoms with E-state index in [4.69, 9.17) is 4.74 Å². The van der Waals surface area contributed by atoms with Gasteiger partial charge in [0.15, 0.2) is 0 Å². The first-order valence-corrected chi connectivity index (χ1v) is 6.58. The van der Waals surface area contributed by atoms with Crippen molar-refractivity contribution in [2.45, 2.75) is 52.3 Å². The zero-order valence-electron chi connectivity index (χ0n) is 11.0. The molecule has 0 saturated carbocycles. The Bertz CT molecular complexity index is 319. The zero-order chi connectivity index (χ0) is 12.2. The van der Waals surface area contributed by atoms with Crippen molar-refractivity contribution in [3.63, 3.8) is 0 Å². The summed E-state index contributed by atoms with van der Waals surface area (Å²) in [7, 11) is 1.77. The summed E-state index contributed by atoms with van der Waals surface area (Å²) < 4.78 is 5.43. The van der Waals surface area contributed by atoms with E-state index < -0.39 is 0 Å². The quantitative estimate of drug-likeness (QED) is 0.824. The first kappa shape index (κ1) is 13.7. The highest BCUT2D eigenvalue weighted by Gasteiger charge is 2.19. The molecule has 0 radical (unpaired) electrons. The molecule has 1 aromatic heterocycles. The Kier molecular flexibility index (Phi) is 4.96. The number of hydrogen-bond acceptors (Lipinski definition) is 3. The molecule has 0 spiro atoms. The molecule has 92 valence electrons. The molecule has 1 N–H and O–H groups in total. The summed E-state index contributed by atoms with van der Waals surface area (Å²) >= 11 is 1.86. The third-order valence-electron chi connectivity index (χ3n) is 2.77. The van der Waals surface area contributed by atoms with Gasteiger partial charge in [0.25, 0.3) is 0 Å². The fourth-order valence-electron chi connectivity index (χ4n) is 1.75. The van der Waals surface area contributed by atoms with Gasteiger partial charge in [-0.3, -0.25) is 0 Å². The molecular weight excluding hydrogens is 218 g/mol. The van der Waals surface area contributed by atoms with Gasteiger partial charge in [-0.15, -0.1) is 11.3 Å². The molecule has 2 nitrogen and oxygen atoms in total. The third kappa shape index (κ3) is 4.64. The van der Waals surface area contributed by atoms with Crippen molar-refractivity contribution < 1.29 is 4.74 Å². The predicted molar refractivity (Wildman–Crippen MR) is 71.1 cm³/mol. The molecule has 0 aliphatic carbocycles. The van der Waals surface area contributed by atoms with Crippen LogP contribution < -0.4 is 5.32 Å². The Morgan fingerprint density at radius 3 is 2.62 bits per heavy atom. The van der Waals surface area contributed by atoms with Gasteiger partial charge in [0.05, 0.1) is 5.60 Å². The van der Waals surface area contributed by atoms with Crippen LogP contribution in [0.15, 0.2) is 12.1 Å². The molecule has 0 aromatic carbocycles. The van der Waals surface area contributed by atoms with Gasteiger partial charge in [-0.2, -0.15) is 0 Å². The lowest BCUT2D eigenvalue weighted by Crippen LogP contribution is -2.35. The molecule has 0 aliphatic rings. The Hall–Kier alpha value is -0.380. The van der Waals surface area contributed by atoms with Crippen LogP contribution in [0, 0.1) is 6.92 Å². The topological polar surface area (TPSA) is 21.3 Å². The Balaban J connectivity index is 2.33. The standard InChI is InChI=1S/C13H23NOS/c1-10(8-13(3,4)15-5)14-9-12-7-6-11(2)16-12/h6-7,10,14H,8-9H2,1-5H3. The summed E-state index contributed by atoms with van der Waals surface area (Å²) in [5, 5.41) is 3.53. The van der Waals surface area contributed by atoms with Gasteiger partial charge in [-0.1, -0.05) is 0 Å². The van der Waals surface area contributed by atoms with Gasteiger partial charge in [-0.05, 0) is 46.2 Å². The van der Waals surface area contributed by atoms with E-state index in [2.05, 4.69) is 45.1 Å². The van der Waals surface area contributed by atoms with Gasteiger partial charge in [0, 0.05) is 29.5 Å². The molecule has 16 heavy (non-hydrogen) atoms. The molecule has 0 saturated heterocycles. The number of methoxy groups -OCH3 is 1. The molecule has 3 heteroatoms. The molecule has 1 aromatic rings. The number of rotatable bonds is 6. The molecule has 0 amide bonds. The van der Waals surface area contributed by atoms with Crippen LogP contribution in [-0.2, 0) is 11.3 Å². The first-order chi connectivity index (χ1) is 7.43. The second kappa shape index (κ2) is 5.80. The van der Waals surface area contributed by atoms with E-state index in [0.29, 0.717) is 6.04 Å². The van der Waals surface area contributed by atoms with Gasteiger partial charge in [0.1, 0.15) is 0 Å². The van der Waals surface area contributed by atoms with Crippen molar-refractivity contribution in [1.82, 2.24) is 5.32 Å². The molecule has 0 bridgehead atoms. The van der Waals surface area contributed by atoms with E-state index in [1.165, 1.54) is 9.75 Å². The van der Waals surface area contributed by atoms with Crippen molar-refractivity contribution in [3.05, 3.63) is 21.9 Å². The Morgan fingerprint density at radius 2 is 2.12 bits per heavy atom. The second-order valence-corrected chi connectivity index (χ2v) is 6.33. The molecular formula is C13H23NOS. The largest absolute Gasteiger partial charge is 0.379 e. The summed E-state index contributed by atoms with van der Waals surface area (Å²) in [6, 6.07) is 4.84. The summed E-state index contributed by atoms with van der Waals surface area (Å²) in [5.41, 5.74) is -0.0439. The maximum absolute atomic E-state index is 5.43. The van der Waals surface area contributed by atoms with Crippen molar-refractivity contribution in [2.24, 2.45) is 0 Å². The number of nitrogens with one attached hydrogen (secondary N) is 1. The van der Waals surface area contributed by atoms with Crippen LogP contribution in [0.5, 0.6) is 0 Å². The van der Waals surface area contributed by atoms with Crippen LogP contribution in [-0.4, -0.2) is 18.8 Å². The second-order valence-electron chi connectivity index (χ2n) is 4.96. The minimum absolute atomic E-state index is 0.0439. The summed E-state index contributed by atoms with van der Waals surface area (Å²) in [6.07, 6.45) is 1.02. The highest BCUT2D eigenvalue weighted by atomic mass is 32.1. The van der Waals surface area contributed by atoms with Crippen molar-refractivity contribution in [2.75, 3.05) is 7.11 Å². The van der Waals surface area contributed by atoms with Gasteiger partial charge < -0.3 is 10.1 Å². The number of thiophene rings is 1. The van der Waals surface area contributed by atoms with Crippen LogP contribution >= 0.6 is 11.3 Å². The SMILES string of the molecule is COC(C)(C)CC(C)NCc1ccc(C)s1. The number of aryl methyl sites for hydroxylation is 1. The molecule has 0 fully saturated rings. The monoisotopic (exact) mass is 241 g/mol. The Morgan fingerprint density at radius 1 is 1.44 bits per heavy atom. The average molecular weight is 241 g/mol. The summed E-state index contributed by atoms with van der Waals surface area (Å²) in [4.78, 5) is 2.78. The van der Waals surface area contributed by atoms with E-state index in [0.717, 1.165) is 13.0 Å². The lowest BCUT2D eigenvalue weighted by atomic mass is 10.00. The number of hydrogen-bond donors (Lipinski definition) is 1. The molecule has 1 rings (SSSR count). The fourth-order valence-corrected chi connectivity index (χ4v) is 2.59. The predicted octanol–water partition coefficient (Wildman–Crippen LogP) is 3.35. The van der Waals surface area contributed by atoms with Gasteiger partial charge >= 0.3 is 0 Å². The molecule has 1 atom stereocenters. The van der Waals surface area contributed by atoms with Gasteiger partial charge in [0.2, 0.25) is 0 Å². The lowest BCUT2D eigenvalue weighted by Gasteiger charge is -2.27. The average Bonchev–Trinajstić information content (AvgIpc) is 2.61. The van der Waals surface area contributed by atoms with Crippen LogP contribution in [0.2, 0.25) is 0 Å². The highest BCUT2D eigenvalue weighted by Crippen LogP contribution is 2.17. The van der Waals surface area contributed by atoms with E-state index in [9.17, 15) is 0 Å². The summed E-state index contributed by atoms with van der Waals surface area (Å²) in [5.74, 6) is 0. The third-order valence-corrected chi connectivity index (χ3v) is 3.77. The van der Waals surface area contributed by atoms with Crippen LogP contribution in [0.4, 0.5) is 0 Å². The van der Waals surface area contributed by atoms with Gasteiger partial charge in [-0.25, -0.2) is 0 Å². The van der Waals surface area contributed by atoms with E-state index in [1.54, 1.807) is 7.11 Å². The van der Waals surface area contributed by atoms with Crippen molar-refractivity contribution in [1.29, 1.82) is 0 Å². The molecule has 1 heterocycles. The van der Waals surface area contributed by atoms with Crippen molar-refractivity contribution >= 4 is 11.3 Å². The van der Waals surface area contributed by atoms with E-state index in [-0.39, 0.29) is 5.60 Å². The maximum Gasteiger partial charge on any atom is 0.0637 e. The van der Waals surface area contributed by atoms with E-state index >= 15 is 0 Å². The number of ether oxygens (including phenoxy) is 1. The zero-order valence-corrected chi connectivity index (χ0v) is 11.8.